The molecule has 1 saturated heterocycles. The minimum absolute atomic E-state index is 0.0661. The van der Waals surface area contributed by atoms with E-state index in [0.29, 0.717) is 23.4 Å². The number of nitrogens with zero attached hydrogens (tertiary/aromatic N) is 1. The molecule has 2 aliphatic rings. The lowest BCUT2D eigenvalue weighted by Crippen LogP contribution is -2.52. The SMILES string of the molecule is CC1CCN(C(=O)c2cccc(N)c2O)C2CCCCC12. The van der Waals surface area contributed by atoms with Crippen LogP contribution in [0.3, 0.4) is 0 Å². The molecule has 3 atom stereocenters. The first kappa shape index (κ1) is 14.2. The highest BCUT2D eigenvalue weighted by Gasteiger charge is 2.40. The van der Waals surface area contributed by atoms with Crippen molar-refractivity contribution < 1.29 is 9.90 Å². The van der Waals surface area contributed by atoms with Gasteiger partial charge in [-0.25, -0.2) is 0 Å². The minimum atomic E-state index is -0.0755. The molecule has 4 heteroatoms. The van der Waals surface area contributed by atoms with E-state index in [0.717, 1.165) is 19.4 Å². The number of hydrogen-bond donors (Lipinski definition) is 2. The van der Waals surface area contributed by atoms with E-state index in [-0.39, 0.29) is 17.3 Å². The molecule has 3 rings (SSSR count). The summed E-state index contributed by atoms with van der Waals surface area (Å²) in [6.45, 7) is 3.10. The molecule has 1 saturated carbocycles. The third-order valence-corrected chi connectivity index (χ3v) is 5.30. The number of fused-ring (bicyclic) bond motifs is 1. The zero-order chi connectivity index (χ0) is 15.0. The molecule has 1 aliphatic heterocycles. The molecule has 0 spiro atoms. The number of phenolic OH excluding ortho intramolecular Hbond substituents is 1. The predicted molar refractivity (Wildman–Crippen MR) is 83.1 cm³/mol. The van der Waals surface area contributed by atoms with Crippen LogP contribution >= 0.6 is 0 Å². The highest BCUT2D eigenvalue weighted by atomic mass is 16.3. The molecule has 3 unspecified atom stereocenters. The summed E-state index contributed by atoms with van der Waals surface area (Å²) in [5.41, 5.74) is 6.33. The van der Waals surface area contributed by atoms with Crippen molar-refractivity contribution in [2.24, 2.45) is 11.8 Å². The molecule has 0 aromatic heterocycles. The first-order valence-corrected chi connectivity index (χ1v) is 7.98. The maximum Gasteiger partial charge on any atom is 0.257 e. The van der Waals surface area contributed by atoms with Gasteiger partial charge < -0.3 is 15.7 Å². The second kappa shape index (κ2) is 5.58. The predicted octanol–water partition coefficient (Wildman–Crippen LogP) is 3.02. The van der Waals surface area contributed by atoms with Gasteiger partial charge in [0, 0.05) is 12.6 Å². The van der Waals surface area contributed by atoms with Crippen molar-refractivity contribution >= 4 is 11.6 Å². The Labute approximate surface area is 125 Å². The summed E-state index contributed by atoms with van der Waals surface area (Å²) in [6, 6.07) is 5.35. The fourth-order valence-electron chi connectivity index (χ4n) is 4.05. The number of aromatic hydroxyl groups is 1. The zero-order valence-electron chi connectivity index (χ0n) is 12.6. The molecule has 21 heavy (non-hydrogen) atoms. The lowest BCUT2D eigenvalue weighted by Gasteiger charge is -2.47. The van der Waals surface area contributed by atoms with Crippen molar-refractivity contribution in [1.29, 1.82) is 0 Å². The number of anilines is 1. The second-order valence-electron chi connectivity index (χ2n) is 6.52. The van der Waals surface area contributed by atoms with Gasteiger partial charge in [-0.3, -0.25) is 4.79 Å². The van der Waals surface area contributed by atoms with Gasteiger partial charge in [-0.1, -0.05) is 25.8 Å². The van der Waals surface area contributed by atoms with Crippen molar-refractivity contribution in [3.05, 3.63) is 23.8 Å². The Kier molecular flexibility index (Phi) is 3.79. The van der Waals surface area contributed by atoms with Gasteiger partial charge in [0.05, 0.1) is 11.3 Å². The molecule has 1 amide bonds. The normalized spacial score (nSPS) is 29.0. The third-order valence-electron chi connectivity index (χ3n) is 5.30. The molecule has 1 aromatic carbocycles. The third kappa shape index (κ3) is 2.47. The number of rotatable bonds is 1. The summed E-state index contributed by atoms with van der Waals surface area (Å²) in [7, 11) is 0. The topological polar surface area (TPSA) is 66.6 Å². The van der Waals surface area contributed by atoms with Crippen LogP contribution in [0, 0.1) is 11.8 Å². The maximum absolute atomic E-state index is 12.8. The average molecular weight is 288 g/mol. The summed E-state index contributed by atoms with van der Waals surface area (Å²) in [6.07, 6.45) is 5.83. The Bertz CT molecular complexity index is 544. The van der Waals surface area contributed by atoms with E-state index in [1.54, 1.807) is 18.2 Å². The minimum Gasteiger partial charge on any atom is -0.505 e. The number of nitrogens with two attached hydrogens (primary N) is 1. The van der Waals surface area contributed by atoms with Gasteiger partial charge >= 0.3 is 0 Å². The Morgan fingerprint density at radius 3 is 2.86 bits per heavy atom. The maximum atomic E-state index is 12.8. The van der Waals surface area contributed by atoms with Crippen molar-refractivity contribution in [2.75, 3.05) is 12.3 Å². The molecule has 2 fully saturated rings. The van der Waals surface area contributed by atoms with Crippen molar-refractivity contribution in [2.45, 2.75) is 45.1 Å². The molecule has 3 N–H and O–H groups in total. The molecular formula is C17H24N2O2. The molecule has 1 heterocycles. The number of piperidine rings is 1. The lowest BCUT2D eigenvalue weighted by molar-refractivity contribution is 0.0216. The fraction of sp³-hybridized carbons (Fsp3) is 0.588. The molecule has 1 aliphatic carbocycles. The highest BCUT2D eigenvalue weighted by molar-refractivity contribution is 5.98. The number of nitrogen functional groups attached to an aromatic ring is 1. The number of para-hydroxylation sites is 1. The standard InChI is InChI=1S/C17H24N2O2/c1-11-9-10-19(15-8-3-2-5-12(11)15)17(21)13-6-4-7-14(18)16(13)20/h4,6-7,11-12,15,20H,2-3,5,8-10,18H2,1H3. The summed E-state index contributed by atoms with van der Waals surface area (Å²) in [5, 5.41) is 10.1. The van der Waals surface area contributed by atoms with Gasteiger partial charge in [-0.05, 0) is 43.2 Å². The summed E-state index contributed by atoms with van der Waals surface area (Å²) >= 11 is 0. The first-order chi connectivity index (χ1) is 10.1. The summed E-state index contributed by atoms with van der Waals surface area (Å²) in [5.74, 6) is 1.16. The Balaban J connectivity index is 1.88. The van der Waals surface area contributed by atoms with Crippen molar-refractivity contribution in [3.63, 3.8) is 0 Å². The number of benzene rings is 1. The quantitative estimate of drug-likeness (QED) is 0.616. The number of amides is 1. The first-order valence-electron chi connectivity index (χ1n) is 7.98. The van der Waals surface area contributed by atoms with Gasteiger partial charge in [0.15, 0.2) is 5.75 Å². The van der Waals surface area contributed by atoms with Gasteiger partial charge in [0.25, 0.3) is 5.91 Å². The number of carbonyl (C=O) groups excluding carboxylic acids is 1. The molecule has 0 bridgehead atoms. The largest absolute Gasteiger partial charge is 0.505 e. The van der Waals surface area contributed by atoms with E-state index in [1.807, 2.05) is 4.90 Å². The second-order valence-corrected chi connectivity index (χ2v) is 6.52. The molecule has 114 valence electrons. The van der Waals surface area contributed by atoms with Gasteiger partial charge in [0.1, 0.15) is 0 Å². The summed E-state index contributed by atoms with van der Waals surface area (Å²) < 4.78 is 0. The van der Waals surface area contributed by atoms with Crippen LogP contribution < -0.4 is 5.73 Å². The number of hydrogen-bond acceptors (Lipinski definition) is 3. The monoisotopic (exact) mass is 288 g/mol. The van der Waals surface area contributed by atoms with E-state index < -0.39 is 0 Å². The van der Waals surface area contributed by atoms with Crippen LogP contribution in [0.25, 0.3) is 0 Å². The molecule has 4 nitrogen and oxygen atoms in total. The van der Waals surface area contributed by atoms with Crippen LogP contribution in [-0.4, -0.2) is 28.5 Å². The summed E-state index contributed by atoms with van der Waals surface area (Å²) in [4.78, 5) is 14.8. The van der Waals surface area contributed by atoms with Gasteiger partial charge in [0.2, 0.25) is 0 Å². The van der Waals surface area contributed by atoms with Crippen molar-refractivity contribution in [3.8, 4) is 5.75 Å². The van der Waals surface area contributed by atoms with E-state index in [2.05, 4.69) is 6.92 Å². The molecule has 1 aromatic rings. The van der Waals surface area contributed by atoms with Crippen LogP contribution in [0.5, 0.6) is 5.75 Å². The Morgan fingerprint density at radius 1 is 1.29 bits per heavy atom. The Morgan fingerprint density at radius 2 is 2.05 bits per heavy atom. The van der Waals surface area contributed by atoms with Crippen LogP contribution in [0.1, 0.15) is 49.4 Å². The number of carbonyl (C=O) groups is 1. The van der Waals surface area contributed by atoms with E-state index >= 15 is 0 Å². The van der Waals surface area contributed by atoms with Crippen molar-refractivity contribution in [1.82, 2.24) is 4.90 Å². The fourth-order valence-corrected chi connectivity index (χ4v) is 4.05. The Hall–Kier alpha value is -1.71. The van der Waals surface area contributed by atoms with Crippen LogP contribution in [0.2, 0.25) is 0 Å². The number of likely N-dealkylation sites (tertiary alicyclic amines) is 1. The lowest BCUT2D eigenvalue weighted by atomic mass is 9.72. The average Bonchev–Trinajstić information content (AvgIpc) is 2.50. The molecular weight excluding hydrogens is 264 g/mol. The van der Waals surface area contributed by atoms with Crippen LogP contribution in [0.4, 0.5) is 5.69 Å². The van der Waals surface area contributed by atoms with E-state index in [9.17, 15) is 9.90 Å². The van der Waals surface area contributed by atoms with Gasteiger partial charge in [-0.2, -0.15) is 0 Å². The number of phenols is 1. The van der Waals surface area contributed by atoms with Crippen LogP contribution in [0.15, 0.2) is 18.2 Å². The molecule has 0 radical (unpaired) electrons. The highest BCUT2D eigenvalue weighted by Crippen LogP contribution is 2.40. The van der Waals surface area contributed by atoms with E-state index in [4.69, 9.17) is 5.73 Å². The van der Waals surface area contributed by atoms with E-state index in [1.165, 1.54) is 19.3 Å². The zero-order valence-corrected chi connectivity index (χ0v) is 12.6. The van der Waals surface area contributed by atoms with Gasteiger partial charge in [-0.15, -0.1) is 0 Å². The smallest absolute Gasteiger partial charge is 0.257 e. The van der Waals surface area contributed by atoms with Crippen LogP contribution in [-0.2, 0) is 0 Å².